The van der Waals surface area contributed by atoms with Crippen LogP contribution in [0.15, 0.2) is 48.8 Å². The average Bonchev–Trinajstić information content (AvgIpc) is 3.36. The SMILES string of the molecule is C[C@@H]1CCN(S(=O)(=O)Cc2ccccc2Cl)C[C@@H]1n1ccc2cnc3c(c21)C=CC3. The van der Waals surface area contributed by atoms with Crippen molar-refractivity contribution in [3.8, 4) is 0 Å². The summed E-state index contributed by atoms with van der Waals surface area (Å²) < 4.78 is 30.3. The van der Waals surface area contributed by atoms with Crippen LogP contribution in [0, 0.1) is 5.92 Å². The highest BCUT2D eigenvalue weighted by Crippen LogP contribution is 2.36. The molecule has 0 radical (unpaired) electrons. The molecule has 0 amide bonds. The Labute approximate surface area is 182 Å². The molecular formula is C23H24ClN3O2S. The van der Waals surface area contributed by atoms with Crippen molar-refractivity contribution in [2.24, 2.45) is 5.92 Å². The van der Waals surface area contributed by atoms with Crippen molar-refractivity contribution in [3.63, 3.8) is 0 Å². The van der Waals surface area contributed by atoms with Gasteiger partial charge in [-0.3, -0.25) is 4.98 Å². The van der Waals surface area contributed by atoms with Crippen LogP contribution in [0.5, 0.6) is 0 Å². The number of pyridine rings is 1. The van der Waals surface area contributed by atoms with Crippen molar-refractivity contribution < 1.29 is 8.42 Å². The minimum Gasteiger partial charge on any atom is -0.342 e. The highest BCUT2D eigenvalue weighted by Gasteiger charge is 2.35. The van der Waals surface area contributed by atoms with E-state index in [2.05, 4.69) is 40.9 Å². The predicted molar refractivity (Wildman–Crippen MR) is 121 cm³/mol. The van der Waals surface area contributed by atoms with Gasteiger partial charge in [0.25, 0.3) is 0 Å². The van der Waals surface area contributed by atoms with Gasteiger partial charge < -0.3 is 4.57 Å². The van der Waals surface area contributed by atoms with Crippen LogP contribution in [0.4, 0.5) is 0 Å². The smallest absolute Gasteiger partial charge is 0.218 e. The van der Waals surface area contributed by atoms with E-state index in [-0.39, 0.29) is 11.8 Å². The monoisotopic (exact) mass is 441 g/mol. The third-order valence-corrected chi connectivity index (χ3v) is 8.56. The molecule has 156 valence electrons. The van der Waals surface area contributed by atoms with E-state index in [1.165, 1.54) is 5.56 Å². The zero-order valence-electron chi connectivity index (χ0n) is 16.8. The fourth-order valence-corrected chi connectivity index (χ4v) is 6.53. The van der Waals surface area contributed by atoms with Crippen molar-refractivity contribution in [2.75, 3.05) is 13.1 Å². The van der Waals surface area contributed by atoms with Gasteiger partial charge in [0.05, 0.1) is 23.0 Å². The number of sulfonamides is 1. The van der Waals surface area contributed by atoms with Crippen molar-refractivity contribution in [1.29, 1.82) is 0 Å². The molecule has 3 heterocycles. The summed E-state index contributed by atoms with van der Waals surface area (Å²) in [6.07, 6.45) is 9.98. The van der Waals surface area contributed by atoms with E-state index in [9.17, 15) is 8.42 Å². The van der Waals surface area contributed by atoms with E-state index >= 15 is 0 Å². The summed E-state index contributed by atoms with van der Waals surface area (Å²) in [4.78, 5) is 4.58. The molecular weight excluding hydrogens is 418 g/mol. The van der Waals surface area contributed by atoms with Crippen molar-refractivity contribution in [1.82, 2.24) is 13.9 Å². The van der Waals surface area contributed by atoms with Gasteiger partial charge in [-0.15, -0.1) is 0 Å². The molecule has 5 nitrogen and oxygen atoms in total. The number of rotatable bonds is 4. The fourth-order valence-electron chi connectivity index (χ4n) is 4.66. The summed E-state index contributed by atoms with van der Waals surface area (Å²) in [6, 6.07) is 9.33. The van der Waals surface area contributed by atoms with E-state index < -0.39 is 10.0 Å². The van der Waals surface area contributed by atoms with Crippen molar-refractivity contribution >= 4 is 38.6 Å². The Balaban J connectivity index is 1.48. The van der Waals surface area contributed by atoms with Crippen LogP contribution in [0.1, 0.15) is 36.2 Å². The Bertz CT molecular complexity index is 1250. The van der Waals surface area contributed by atoms with Crippen LogP contribution in [0.2, 0.25) is 5.02 Å². The van der Waals surface area contributed by atoms with Crippen molar-refractivity contribution in [3.05, 3.63) is 70.6 Å². The van der Waals surface area contributed by atoms with E-state index in [1.807, 2.05) is 18.3 Å². The van der Waals surface area contributed by atoms with Crippen LogP contribution in [0.3, 0.4) is 0 Å². The minimum atomic E-state index is -3.46. The molecule has 1 saturated heterocycles. The van der Waals surface area contributed by atoms with Gasteiger partial charge in [0.15, 0.2) is 0 Å². The largest absolute Gasteiger partial charge is 0.342 e. The average molecular weight is 442 g/mol. The number of aromatic nitrogens is 2. The third-order valence-electron chi connectivity index (χ3n) is 6.40. The molecule has 1 fully saturated rings. The van der Waals surface area contributed by atoms with Crippen LogP contribution < -0.4 is 0 Å². The lowest BCUT2D eigenvalue weighted by Gasteiger charge is -2.37. The molecule has 2 atom stereocenters. The van der Waals surface area contributed by atoms with Gasteiger partial charge in [-0.1, -0.05) is 48.9 Å². The Morgan fingerprint density at radius 3 is 2.90 bits per heavy atom. The lowest BCUT2D eigenvalue weighted by molar-refractivity contribution is 0.204. The summed E-state index contributed by atoms with van der Waals surface area (Å²) in [5.74, 6) is 0.309. The summed E-state index contributed by atoms with van der Waals surface area (Å²) in [6.45, 7) is 3.23. The van der Waals surface area contributed by atoms with Gasteiger partial charge in [0.1, 0.15) is 0 Å². The maximum absolute atomic E-state index is 13.2. The molecule has 30 heavy (non-hydrogen) atoms. The number of halogens is 1. The van der Waals surface area contributed by atoms with Gasteiger partial charge in [-0.05, 0) is 30.0 Å². The van der Waals surface area contributed by atoms with Gasteiger partial charge >= 0.3 is 0 Å². The zero-order chi connectivity index (χ0) is 20.9. The molecule has 0 N–H and O–H groups in total. The lowest BCUT2D eigenvalue weighted by Crippen LogP contribution is -2.44. The number of nitrogens with zero attached hydrogens (tertiary/aromatic N) is 3. The summed E-state index contributed by atoms with van der Waals surface area (Å²) in [5, 5.41) is 1.60. The summed E-state index contributed by atoms with van der Waals surface area (Å²) >= 11 is 6.22. The Kier molecular flexibility index (Phi) is 4.96. The Morgan fingerprint density at radius 1 is 1.23 bits per heavy atom. The number of benzene rings is 1. The van der Waals surface area contributed by atoms with E-state index in [1.54, 1.807) is 16.4 Å². The minimum absolute atomic E-state index is 0.0672. The number of hydrogen-bond donors (Lipinski definition) is 0. The number of allylic oxidation sites excluding steroid dienone is 1. The third kappa shape index (κ3) is 3.37. The molecule has 0 spiro atoms. The van der Waals surface area contributed by atoms with Gasteiger partial charge in [-0.25, -0.2) is 8.42 Å². The summed E-state index contributed by atoms with van der Waals surface area (Å²) in [7, 11) is -3.46. The fraction of sp³-hybridized carbons (Fsp3) is 0.348. The number of hydrogen-bond acceptors (Lipinski definition) is 3. The van der Waals surface area contributed by atoms with Crippen LogP contribution in [-0.4, -0.2) is 35.4 Å². The highest BCUT2D eigenvalue weighted by molar-refractivity contribution is 7.88. The second-order valence-electron chi connectivity index (χ2n) is 8.29. The summed E-state index contributed by atoms with van der Waals surface area (Å²) in [5.41, 5.74) is 4.07. The maximum Gasteiger partial charge on any atom is 0.218 e. The first-order valence-electron chi connectivity index (χ1n) is 10.3. The molecule has 7 heteroatoms. The molecule has 0 bridgehead atoms. The van der Waals surface area contributed by atoms with Crippen LogP contribution in [0.25, 0.3) is 17.0 Å². The second kappa shape index (κ2) is 7.52. The zero-order valence-corrected chi connectivity index (χ0v) is 18.4. The molecule has 5 rings (SSSR count). The number of fused-ring (bicyclic) bond motifs is 3. The molecule has 0 unspecified atom stereocenters. The van der Waals surface area contributed by atoms with Gasteiger partial charge in [0, 0.05) is 47.9 Å². The molecule has 2 aromatic heterocycles. The van der Waals surface area contributed by atoms with Gasteiger partial charge in [-0.2, -0.15) is 4.31 Å². The maximum atomic E-state index is 13.2. The lowest BCUT2D eigenvalue weighted by atomic mass is 9.94. The topological polar surface area (TPSA) is 55.2 Å². The predicted octanol–water partition coefficient (Wildman–Crippen LogP) is 4.67. The van der Waals surface area contributed by atoms with Crippen LogP contribution in [-0.2, 0) is 22.2 Å². The molecule has 1 aliphatic carbocycles. The first kappa shape index (κ1) is 19.8. The Hall–Kier alpha value is -2.15. The molecule has 1 aliphatic heterocycles. The molecule has 1 aromatic carbocycles. The Morgan fingerprint density at radius 2 is 2.07 bits per heavy atom. The first-order chi connectivity index (χ1) is 14.4. The quantitative estimate of drug-likeness (QED) is 0.591. The first-order valence-corrected chi connectivity index (χ1v) is 12.3. The van der Waals surface area contributed by atoms with Crippen molar-refractivity contribution in [2.45, 2.75) is 31.6 Å². The van der Waals surface area contributed by atoms with Crippen LogP contribution >= 0.6 is 11.6 Å². The molecule has 2 aliphatic rings. The van der Waals surface area contributed by atoms with E-state index in [0.717, 1.165) is 29.4 Å². The van der Waals surface area contributed by atoms with E-state index in [4.69, 9.17) is 11.6 Å². The normalized spacial score (nSPS) is 21.9. The number of piperidine rings is 1. The standard InChI is InChI=1S/C23H24ClN3O2S/c1-16-9-11-26(30(28,29)15-18-5-2-3-7-20(18)24)14-22(16)27-12-10-17-13-25-21-8-4-6-19(21)23(17)27/h2-7,10,12-13,16,22H,8-9,11,14-15H2,1H3/t16-,22+/m1/s1. The molecule has 0 saturated carbocycles. The van der Waals surface area contributed by atoms with Gasteiger partial charge in [0.2, 0.25) is 10.0 Å². The second-order valence-corrected chi connectivity index (χ2v) is 10.7. The molecule has 3 aromatic rings. The van der Waals surface area contributed by atoms with E-state index in [0.29, 0.717) is 29.6 Å². The highest BCUT2D eigenvalue weighted by atomic mass is 35.5.